The lowest BCUT2D eigenvalue weighted by Gasteiger charge is -2.32. The van der Waals surface area contributed by atoms with E-state index in [1.807, 2.05) is 0 Å². The number of morpholine rings is 1. The summed E-state index contributed by atoms with van der Waals surface area (Å²) in [6.45, 7) is 0.881. The van der Waals surface area contributed by atoms with Crippen molar-refractivity contribution in [3.8, 4) is 0 Å². The third-order valence-electron chi connectivity index (χ3n) is 3.02. The number of carboxylic acids is 1. The van der Waals surface area contributed by atoms with Gasteiger partial charge in [-0.2, -0.15) is 0 Å². The number of rotatable bonds is 3. The number of benzene rings is 1. The number of aliphatic carboxylic acids is 1. The number of nitrogens with one attached hydrogen (secondary N) is 1. The molecule has 1 unspecified atom stereocenters. The Balaban J connectivity index is 2.01. The van der Waals surface area contributed by atoms with Crippen LogP contribution in [0.15, 0.2) is 18.2 Å². The number of urea groups is 1. The van der Waals surface area contributed by atoms with Crippen LogP contribution in [0.1, 0.15) is 6.42 Å². The summed E-state index contributed by atoms with van der Waals surface area (Å²) in [6, 6.07) is 4.53. The van der Waals surface area contributed by atoms with Crippen LogP contribution in [0.4, 0.5) is 10.5 Å². The fourth-order valence-electron chi connectivity index (χ4n) is 2.03. The van der Waals surface area contributed by atoms with Crippen molar-refractivity contribution in [3.05, 3.63) is 28.2 Å². The Morgan fingerprint density at radius 2 is 2.05 bits per heavy atom. The van der Waals surface area contributed by atoms with Gasteiger partial charge in [-0.1, -0.05) is 29.3 Å². The highest BCUT2D eigenvalue weighted by Crippen LogP contribution is 2.30. The normalized spacial score (nSPS) is 18.4. The molecule has 0 aromatic heterocycles. The van der Waals surface area contributed by atoms with Gasteiger partial charge < -0.3 is 20.1 Å². The van der Waals surface area contributed by atoms with Crippen LogP contribution in [0.2, 0.25) is 10.0 Å². The number of halogens is 2. The molecule has 1 aliphatic rings. The van der Waals surface area contributed by atoms with Gasteiger partial charge >= 0.3 is 12.0 Å². The molecule has 0 radical (unpaired) electrons. The van der Waals surface area contributed by atoms with E-state index in [0.29, 0.717) is 28.9 Å². The Morgan fingerprint density at radius 3 is 2.67 bits per heavy atom. The predicted molar refractivity (Wildman–Crippen MR) is 79.0 cm³/mol. The zero-order valence-corrected chi connectivity index (χ0v) is 12.5. The highest BCUT2D eigenvalue weighted by Gasteiger charge is 2.26. The molecular formula is C13H14Cl2N2O4. The van der Waals surface area contributed by atoms with E-state index in [0.717, 1.165) is 0 Å². The van der Waals surface area contributed by atoms with E-state index < -0.39 is 12.1 Å². The molecule has 1 fully saturated rings. The van der Waals surface area contributed by atoms with Gasteiger partial charge in [0.05, 0.1) is 34.9 Å². The molecule has 1 heterocycles. The summed E-state index contributed by atoms with van der Waals surface area (Å²) in [5.41, 5.74) is 0.340. The maximum atomic E-state index is 12.2. The van der Waals surface area contributed by atoms with Crippen molar-refractivity contribution < 1.29 is 19.4 Å². The zero-order chi connectivity index (χ0) is 15.4. The average molecular weight is 333 g/mol. The fourth-order valence-corrected chi connectivity index (χ4v) is 2.52. The van der Waals surface area contributed by atoms with Gasteiger partial charge in [-0.15, -0.1) is 0 Å². The lowest BCUT2D eigenvalue weighted by molar-refractivity contribution is -0.141. The van der Waals surface area contributed by atoms with Gasteiger partial charge in [0.25, 0.3) is 0 Å². The van der Waals surface area contributed by atoms with Crippen LogP contribution in [0.5, 0.6) is 0 Å². The molecular weight excluding hydrogens is 319 g/mol. The summed E-state index contributed by atoms with van der Waals surface area (Å²) < 4.78 is 5.31. The first-order valence-corrected chi connectivity index (χ1v) is 7.06. The summed E-state index contributed by atoms with van der Waals surface area (Å²) >= 11 is 12.0. The molecule has 2 amide bonds. The van der Waals surface area contributed by atoms with Gasteiger partial charge in [-0.3, -0.25) is 4.79 Å². The first-order chi connectivity index (χ1) is 9.97. The Hall–Kier alpha value is -1.50. The SMILES string of the molecule is O=C(O)CC1CN(C(=O)Nc2c(Cl)cccc2Cl)CCO1. The first kappa shape index (κ1) is 15.9. The van der Waals surface area contributed by atoms with Crippen molar-refractivity contribution in [2.24, 2.45) is 0 Å². The zero-order valence-electron chi connectivity index (χ0n) is 11.0. The summed E-state index contributed by atoms with van der Waals surface area (Å²) in [6.07, 6.45) is -0.653. The summed E-state index contributed by atoms with van der Waals surface area (Å²) in [5.74, 6) is -0.962. The highest BCUT2D eigenvalue weighted by molar-refractivity contribution is 6.39. The second-order valence-electron chi connectivity index (χ2n) is 4.56. The second kappa shape index (κ2) is 6.98. The summed E-state index contributed by atoms with van der Waals surface area (Å²) in [4.78, 5) is 24.4. The monoisotopic (exact) mass is 332 g/mol. The molecule has 6 nitrogen and oxygen atoms in total. The molecule has 0 saturated carbocycles. The van der Waals surface area contributed by atoms with Gasteiger partial charge in [0.2, 0.25) is 0 Å². The molecule has 1 aromatic rings. The molecule has 0 bridgehead atoms. The van der Waals surface area contributed by atoms with Crippen LogP contribution in [0.25, 0.3) is 0 Å². The minimum absolute atomic E-state index is 0.142. The second-order valence-corrected chi connectivity index (χ2v) is 5.38. The van der Waals surface area contributed by atoms with Crippen molar-refractivity contribution in [1.82, 2.24) is 4.90 Å². The van der Waals surface area contributed by atoms with Crippen LogP contribution < -0.4 is 5.32 Å². The molecule has 1 aromatic carbocycles. The molecule has 1 aliphatic heterocycles. The topological polar surface area (TPSA) is 78.9 Å². The lowest BCUT2D eigenvalue weighted by Crippen LogP contribution is -2.47. The molecule has 2 N–H and O–H groups in total. The third-order valence-corrected chi connectivity index (χ3v) is 3.65. The number of carbonyl (C=O) groups is 2. The largest absolute Gasteiger partial charge is 0.481 e. The molecule has 1 saturated heterocycles. The fraction of sp³-hybridized carbons (Fsp3) is 0.385. The molecule has 8 heteroatoms. The van der Waals surface area contributed by atoms with Gasteiger partial charge in [0, 0.05) is 13.1 Å². The van der Waals surface area contributed by atoms with E-state index in [-0.39, 0.29) is 19.0 Å². The minimum Gasteiger partial charge on any atom is -0.481 e. The lowest BCUT2D eigenvalue weighted by atomic mass is 10.2. The molecule has 1 atom stereocenters. The smallest absolute Gasteiger partial charge is 0.322 e. The van der Waals surface area contributed by atoms with Gasteiger partial charge in [0.15, 0.2) is 0 Å². The Morgan fingerprint density at radius 1 is 1.38 bits per heavy atom. The van der Waals surface area contributed by atoms with Crippen molar-refractivity contribution >= 4 is 40.9 Å². The summed E-state index contributed by atoms with van der Waals surface area (Å²) in [7, 11) is 0. The van der Waals surface area contributed by atoms with Crippen molar-refractivity contribution in [3.63, 3.8) is 0 Å². The number of nitrogens with zero attached hydrogens (tertiary/aromatic N) is 1. The first-order valence-electron chi connectivity index (χ1n) is 6.30. The maximum Gasteiger partial charge on any atom is 0.322 e. The van der Waals surface area contributed by atoms with E-state index in [2.05, 4.69) is 5.32 Å². The number of amides is 2. The van der Waals surface area contributed by atoms with Gasteiger partial charge in [-0.05, 0) is 12.1 Å². The van der Waals surface area contributed by atoms with Crippen LogP contribution in [0, 0.1) is 0 Å². The molecule has 0 spiro atoms. The van der Waals surface area contributed by atoms with Crippen molar-refractivity contribution in [2.45, 2.75) is 12.5 Å². The number of para-hydroxylation sites is 1. The third kappa shape index (κ3) is 4.23. The minimum atomic E-state index is -0.962. The molecule has 0 aliphatic carbocycles. The van der Waals surface area contributed by atoms with E-state index in [1.165, 1.54) is 4.90 Å². The van der Waals surface area contributed by atoms with E-state index in [4.69, 9.17) is 33.0 Å². The van der Waals surface area contributed by atoms with Crippen molar-refractivity contribution in [1.29, 1.82) is 0 Å². The Labute approximate surface area is 131 Å². The maximum absolute atomic E-state index is 12.2. The van der Waals surface area contributed by atoms with Crippen LogP contribution in [0.3, 0.4) is 0 Å². The van der Waals surface area contributed by atoms with E-state index >= 15 is 0 Å². The number of anilines is 1. The van der Waals surface area contributed by atoms with Crippen LogP contribution in [-0.2, 0) is 9.53 Å². The summed E-state index contributed by atoms with van der Waals surface area (Å²) in [5, 5.41) is 12.1. The Kier molecular flexibility index (Phi) is 5.27. The number of hydrogen-bond donors (Lipinski definition) is 2. The number of carbonyl (C=O) groups excluding carboxylic acids is 1. The van der Waals surface area contributed by atoms with Gasteiger partial charge in [0.1, 0.15) is 0 Å². The Bertz CT molecular complexity index is 533. The number of carboxylic acid groups (broad SMARTS) is 1. The number of ether oxygens (including phenoxy) is 1. The molecule has 2 rings (SSSR count). The predicted octanol–water partition coefficient (Wildman–Crippen LogP) is 2.70. The highest BCUT2D eigenvalue weighted by atomic mass is 35.5. The molecule has 114 valence electrons. The van der Waals surface area contributed by atoms with Crippen LogP contribution in [-0.4, -0.2) is 47.8 Å². The van der Waals surface area contributed by atoms with E-state index in [1.54, 1.807) is 18.2 Å². The van der Waals surface area contributed by atoms with Crippen molar-refractivity contribution in [2.75, 3.05) is 25.0 Å². The van der Waals surface area contributed by atoms with Gasteiger partial charge in [-0.25, -0.2) is 4.79 Å². The van der Waals surface area contributed by atoms with E-state index in [9.17, 15) is 9.59 Å². The van der Waals surface area contributed by atoms with Crippen LogP contribution >= 0.6 is 23.2 Å². The standard InChI is InChI=1S/C13H14Cl2N2O4/c14-9-2-1-3-10(15)12(9)16-13(20)17-4-5-21-8(7-17)6-11(18)19/h1-3,8H,4-7H2,(H,16,20)(H,18,19). The average Bonchev–Trinajstić information content (AvgIpc) is 2.42. The number of hydrogen-bond acceptors (Lipinski definition) is 3. The quantitative estimate of drug-likeness (QED) is 0.891. The molecule has 21 heavy (non-hydrogen) atoms.